The van der Waals surface area contributed by atoms with Gasteiger partial charge in [-0.1, -0.05) is 36.4 Å². The predicted octanol–water partition coefficient (Wildman–Crippen LogP) is 2.92. The Balaban J connectivity index is 2.32. The number of methoxy groups -OCH3 is 1. The second kappa shape index (κ2) is 9.08. The molecule has 0 bridgehead atoms. The van der Waals surface area contributed by atoms with Crippen molar-refractivity contribution in [2.75, 3.05) is 7.11 Å². The molecule has 0 aromatic heterocycles. The molecular formula is C21H25AlNO4. The van der Waals surface area contributed by atoms with E-state index in [1.165, 1.54) is 11.5 Å². The van der Waals surface area contributed by atoms with E-state index in [9.17, 15) is 9.59 Å². The molecule has 0 saturated heterocycles. The number of nitrogens with one attached hydrogen (secondary N) is 1. The molecule has 2 rings (SSSR count). The van der Waals surface area contributed by atoms with Gasteiger partial charge in [0.05, 0.1) is 7.11 Å². The first-order valence-corrected chi connectivity index (χ1v) is 10.0. The second-order valence-electron chi connectivity index (χ2n) is 7.19. The molecule has 2 aromatic carbocycles. The molecule has 0 aliphatic carbocycles. The fourth-order valence-electron chi connectivity index (χ4n) is 2.85. The van der Waals surface area contributed by atoms with E-state index in [0.717, 1.165) is 16.3 Å². The number of hydrogen-bond donors (Lipinski definition) is 1. The van der Waals surface area contributed by atoms with Crippen molar-refractivity contribution in [2.45, 2.75) is 38.8 Å². The maximum Gasteiger partial charge on any atom is 0.408 e. The third kappa shape index (κ3) is 5.85. The van der Waals surface area contributed by atoms with Gasteiger partial charge in [0.1, 0.15) is 11.6 Å². The molecule has 141 valence electrons. The van der Waals surface area contributed by atoms with Gasteiger partial charge in [-0.05, 0) is 37.1 Å². The highest BCUT2D eigenvalue weighted by Crippen LogP contribution is 2.19. The lowest BCUT2D eigenvalue weighted by Crippen LogP contribution is -2.45. The van der Waals surface area contributed by atoms with Crippen molar-refractivity contribution >= 4 is 42.5 Å². The van der Waals surface area contributed by atoms with Gasteiger partial charge in [0.15, 0.2) is 0 Å². The molecule has 0 fully saturated rings. The number of benzene rings is 2. The number of fused-ring (bicyclic) bond motifs is 1. The number of hydrogen-bond acceptors (Lipinski definition) is 4. The highest BCUT2D eigenvalue weighted by Gasteiger charge is 2.25. The molecule has 27 heavy (non-hydrogen) atoms. The van der Waals surface area contributed by atoms with Crippen LogP contribution in [-0.2, 0) is 20.7 Å². The predicted molar refractivity (Wildman–Crippen MR) is 108 cm³/mol. The number of rotatable bonds is 6. The van der Waals surface area contributed by atoms with Gasteiger partial charge in [-0.2, -0.15) is 4.94 Å². The van der Waals surface area contributed by atoms with Crippen LogP contribution in [0.4, 0.5) is 4.79 Å². The Hall–Kier alpha value is -2.29. The Morgan fingerprint density at radius 2 is 1.85 bits per heavy atom. The Morgan fingerprint density at radius 3 is 2.48 bits per heavy atom. The maximum atomic E-state index is 12.2. The summed E-state index contributed by atoms with van der Waals surface area (Å²) in [7, 11) is 1.31. The fourth-order valence-corrected chi connectivity index (χ4v) is 3.76. The molecule has 1 radical (unpaired) electrons. The molecule has 2 aromatic rings. The molecule has 0 saturated carbocycles. The summed E-state index contributed by atoms with van der Waals surface area (Å²) in [6, 6.07) is 11.3. The standard InChI is InChI=1S/C19H22NO4.C2H3.Al/c1-19(2,3)24-18(22)20-16(17(21)23-4)12-14-10-7-9-13-8-5-6-11-15(13)14;1-2;/h5-7,9-11,16H,12H2,1-4H3,(H,20,22);1H,2H2;/t16-;;/m0../s1. The van der Waals surface area contributed by atoms with Gasteiger partial charge in [-0.3, -0.25) is 0 Å². The quantitative estimate of drug-likeness (QED) is 0.616. The summed E-state index contributed by atoms with van der Waals surface area (Å²) in [5, 5.41) is 4.83. The smallest absolute Gasteiger partial charge is 0.408 e. The van der Waals surface area contributed by atoms with Crippen molar-refractivity contribution in [2.24, 2.45) is 0 Å². The zero-order chi connectivity index (χ0) is 20.0. The zero-order valence-electron chi connectivity index (χ0n) is 16.2. The van der Waals surface area contributed by atoms with E-state index in [-0.39, 0.29) is 15.2 Å². The number of carbonyl (C=O) groups excluding carboxylic acids is 2. The highest BCUT2D eigenvalue weighted by molar-refractivity contribution is 6.61. The summed E-state index contributed by atoms with van der Waals surface area (Å²) in [4.78, 5) is 26.3. The molecule has 0 aliphatic rings. The minimum Gasteiger partial charge on any atom is -0.467 e. The van der Waals surface area contributed by atoms with Crippen molar-refractivity contribution in [3.63, 3.8) is 0 Å². The van der Waals surface area contributed by atoms with Crippen LogP contribution < -0.4 is 9.74 Å². The SMILES string of the molecule is C=[CH][Al][c]1cccc2c(C[C@H](NC(=O)OC(C)(C)C)C(=O)OC)cccc12. The largest absolute Gasteiger partial charge is 0.467 e. The van der Waals surface area contributed by atoms with Crippen LogP contribution in [0.15, 0.2) is 47.9 Å². The monoisotopic (exact) mass is 382 g/mol. The van der Waals surface area contributed by atoms with Crippen molar-refractivity contribution in [3.8, 4) is 0 Å². The van der Waals surface area contributed by atoms with E-state index >= 15 is 0 Å². The minimum absolute atomic E-state index is 0.0201. The molecule has 0 spiro atoms. The van der Waals surface area contributed by atoms with Gasteiger partial charge >= 0.3 is 12.1 Å². The summed E-state index contributed by atoms with van der Waals surface area (Å²) >= 11 is -0.0201. The van der Waals surface area contributed by atoms with Crippen molar-refractivity contribution in [1.82, 2.24) is 5.32 Å². The van der Waals surface area contributed by atoms with Gasteiger partial charge in [-0.25, -0.2) is 9.59 Å². The summed E-state index contributed by atoms with van der Waals surface area (Å²) < 4.78 is 11.4. The first-order chi connectivity index (χ1) is 12.7. The number of carbonyl (C=O) groups is 2. The van der Waals surface area contributed by atoms with Crippen molar-refractivity contribution < 1.29 is 19.1 Å². The molecule has 5 nitrogen and oxygen atoms in total. The molecule has 1 atom stereocenters. The van der Waals surface area contributed by atoms with Gasteiger partial charge in [0.25, 0.3) is 15.2 Å². The van der Waals surface area contributed by atoms with Crippen LogP contribution in [0.5, 0.6) is 0 Å². The van der Waals surface area contributed by atoms with Crippen LogP contribution in [0.25, 0.3) is 10.8 Å². The van der Waals surface area contributed by atoms with E-state index in [2.05, 4.69) is 24.0 Å². The van der Waals surface area contributed by atoms with Crippen molar-refractivity contribution in [1.29, 1.82) is 0 Å². The Kier molecular flexibility index (Phi) is 7.06. The molecular weight excluding hydrogens is 357 g/mol. The molecule has 6 heteroatoms. The Morgan fingerprint density at radius 1 is 1.19 bits per heavy atom. The Labute approximate surface area is 166 Å². The normalized spacial score (nSPS) is 12.1. The summed E-state index contributed by atoms with van der Waals surface area (Å²) in [6.07, 6.45) is -0.328. The minimum atomic E-state index is -0.828. The van der Waals surface area contributed by atoms with E-state index in [0.29, 0.717) is 6.42 Å². The van der Waals surface area contributed by atoms with Crippen LogP contribution >= 0.6 is 0 Å². The average molecular weight is 382 g/mol. The average Bonchev–Trinajstić information content (AvgIpc) is 2.60. The molecule has 0 unspecified atom stereocenters. The first-order valence-electron chi connectivity index (χ1n) is 8.79. The van der Waals surface area contributed by atoms with Crippen LogP contribution in [-0.4, -0.2) is 46.0 Å². The van der Waals surface area contributed by atoms with Gasteiger partial charge in [-0.15, -0.1) is 11.0 Å². The summed E-state index contributed by atoms with van der Waals surface area (Å²) in [5.74, 6) is -0.509. The number of amides is 1. The third-order valence-electron chi connectivity index (χ3n) is 3.94. The number of alkyl carbamates (subject to hydrolysis) is 1. The van der Waals surface area contributed by atoms with Crippen LogP contribution in [0.1, 0.15) is 26.3 Å². The van der Waals surface area contributed by atoms with Gasteiger partial charge in [0, 0.05) is 6.42 Å². The summed E-state index contributed by atoms with van der Waals surface area (Å²) in [5.41, 5.74) is 0.316. The molecule has 0 aliphatic heterocycles. The lowest BCUT2D eigenvalue weighted by molar-refractivity contribution is -0.143. The van der Waals surface area contributed by atoms with Gasteiger partial charge in [0.2, 0.25) is 0 Å². The van der Waals surface area contributed by atoms with Gasteiger partial charge < -0.3 is 14.8 Å². The van der Waals surface area contributed by atoms with E-state index in [1.807, 2.05) is 29.2 Å². The first kappa shape index (κ1) is 21.0. The van der Waals surface area contributed by atoms with Crippen LogP contribution in [0.2, 0.25) is 0 Å². The second-order valence-corrected chi connectivity index (χ2v) is 8.61. The number of ether oxygens (including phenoxy) is 2. The molecule has 1 amide bonds. The van der Waals surface area contributed by atoms with Crippen LogP contribution in [0.3, 0.4) is 0 Å². The number of esters is 1. The van der Waals surface area contributed by atoms with E-state index in [1.54, 1.807) is 20.8 Å². The maximum absolute atomic E-state index is 12.2. The highest BCUT2D eigenvalue weighted by atomic mass is 27.1. The van der Waals surface area contributed by atoms with Crippen molar-refractivity contribution in [3.05, 3.63) is 53.5 Å². The third-order valence-corrected chi connectivity index (χ3v) is 5.04. The fraction of sp³-hybridized carbons (Fsp3) is 0.333. The summed E-state index contributed by atoms with van der Waals surface area (Å²) in [6.45, 7) is 9.16. The molecule has 1 N–H and O–H groups in total. The lowest BCUT2D eigenvalue weighted by atomic mass is 9.98. The molecule has 0 heterocycles. The Bertz CT molecular complexity index is 842. The van der Waals surface area contributed by atoms with E-state index < -0.39 is 23.7 Å². The van der Waals surface area contributed by atoms with Crippen LogP contribution in [0, 0.1) is 0 Å². The topological polar surface area (TPSA) is 64.6 Å². The lowest BCUT2D eigenvalue weighted by Gasteiger charge is -2.23. The van der Waals surface area contributed by atoms with E-state index in [4.69, 9.17) is 9.47 Å². The zero-order valence-corrected chi connectivity index (χ0v) is 17.4.